The highest BCUT2D eigenvalue weighted by Gasteiger charge is 2.34. The van der Waals surface area contributed by atoms with Gasteiger partial charge in [0.1, 0.15) is 12.3 Å². The maximum Gasteiger partial charge on any atom is 0.416 e. The number of alkyl halides is 3. The van der Waals surface area contributed by atoms with Gasteiger partial charge in [-0.2, -0.15) is 18.3 Å². The van der Waals surface area contributed by atoms with Crippen molar-refractivity contribution in [2.24, 2.45) is 0 Å². The summed E-state index contributed by atoms with van der Waals surface area (Å²) in [5.74, 6) is -0.348. The van der Waals surface area contributed by atoms with E-state index in [0.717, 1.165) is 6.07 Å². The number of nitrogens with one attached hydrogen (secondary N) is 1. The third kappa shape index (κ3) is 5.67. The molecule has 0 fully saturated rings. The summed E-state index contributed by atoms with van der Waals surface area (Å²) >= 11 is 5.69. The van der Waals surface area contributed by atoms with Gasteiger partial charge in [-0.15, -0.1) is 0 Å². The molecule has 0 aliphatic rings. The fraction of sp³-hybridized carbons (Fsp3) is 0.375. The van der Waals surface area contributed by atoms with Gasteiger partial charge in [-0.3, -0.25) is 9.48 Å². The smallest absolute Gasteiger partial charge is 0.416 e. The van der Waals surface area contributed by atoms with E-state index in [2.05, 4.69) is 10.4 Å². The normalized spacial score (nSPS) is 11.6. The van der Waals surface area contributed by atoms with Crippen LogP contribution in [-0.2, 0) is 24.1 Å². The van der Waals surface area contributed by atoms with Crippen LogP contribution in [0.3, 0.4) is 0 Å². The van der Waals surface area contributed by atoms with E-state index < -0.39 is 17.6 Å². The lowest BCUT2D eigenvalue weighted by Crippen LogP contribution is -2.28. The summed E-state index contributed by atoms with van der Waals surface area (Å²) in [5, 5.41) is 6.65. The number of carbonyl (C=O) groups is 1. The van der Waals surface area contributed by atoms with Crippen molar-refractivity contribution in [2.75, 3.05) is 0 Å². The molecule has 1 amide bonds. The SMILES string of the molecule is CC(C)Oc1ccc(CNC(=O)Cn2cc(Cl)cn2)c(C(F)(F)F)c1. The molecule has 1 aromatic heterocycles. The predicted molar refractivity (Wildman–Crippen MR) is 86.3 cm³/mol. The molecular weight excluding hydrogens is 359 g/mol. The second-order valence-electron chi connectivity index (χ2n) is 5.62. The maximum absolute atomic E-state index is 13.2. The minimum absolute atomic E-state index is 0.0459. The summed E-state index contributed by atoms with van der Waals surface area (Å²) < 4.78 is 46.3. The van der Waals surface area contributed by atoms with E-state index in [1.165, 1.54) is 29.2 Å². The number of rotatable bonds is 6. The molecule has 0 unspecified atom stereocenters. The van der Waals surface area contributed by atoms with Crippen molar-refractivity contribution in [3.05, 3.63) is 46.7 Å². The first-order chi connectivity index (χ1) is 11.6. The Balaban J connectivity index is 2.08. The molecule has 2 aromatic rings. The van der Waals surface area contributed by atoms with Crippen LogP contribution in [0.1, 0.15) is 25.0 Å². The molecule has 1 N–H and O–H groups in total. The summed E-state index contributed by atoms with van der Waals surface area (Å²) in [6.07, 6.45) is -1.98. The quantitative estimate of drug-likeness (QED) is 0.838. The zero-order valence-corrected chi connectivity index (χ0v) is 14.4. The van der Waals surface area contributed by atoms with E-state index in [-0.39, 0.29) is 30.5 Å². The molecule has 1 heterocycles. The van der Waals surface area contributed by atoms with E-state index in [0.29, 0.717) is 5.02 Å². The number of benzene rings is 1. The highest BCUT2D eigenvalue weighted by molar-refractivity contribution is 6.30. The minimum atomic E-state index is -4.55. The van der Waals surface area contributed by atoms with Crippen molar-refractivity contribution in [3.63, 3.8) is 0 Å². The molecule has 0 radical (unpaired) electrons. The molecule has 0 saturated carbocycles. The molecule has 0 saturated heterocycles. The van der Waals surface area contributed by atoms with Crippen molar-refractivity contribution >= 4 is 17.5 Å². The average Bonchev–Trinajstić information content (AvgIpc) is 2.89. The van der Waals surface area contributed by atoms with E-state index in [1.807, 2.05) is 0 Å². The van der Waals surface area contributed by atoms with Gasteiger partial charge in [-0.1, -0.05) is 17.7 Å². The van der Waals surface area contributed by atoms with Crippen molar-refractivity contribution < 1.29 is 22.7 Å². The van der Waals surface area contributed by atoms with E-state index >= 15 is 0 Å². The fourth-order valence-electron chi connectivity index (χ4n) is 2.14. The number of ether oxygens (including phenoxy) is 1. The van der Waals surface area contributed by atoms with Crippen molar-refractivity contribution in [1.29, 1.82) is 0 Å². The molecule has 0 bridgehead atoms. The monoisotopic (exact) mass is 375 g/mol. The third-order valence-electron chi connectivity index (χ3n) is 3.14. The molecule has 2 rings (SSSR count). The number of halogens is 4. The maximum atomic E-state index is 13.2. The van der Waals surface area contributed by atoms with E-state index in [1.54, 1.807) is 13.8 Å². The molecule has 5 nitrogen and oxygen atoms in total. The summed E-state index contributed by atoms with van der Waals surface area (Å²) in [6.45, 7) is 3.05. The lowest BCUT2D eigenvalue weighted by molar-refractivity contribution is -0.138. The Morgan fingerprint density at radius 1 is 1.40 bits per heavy atom. The third-order valence-corrected chi connectivity index (χ3v) is 3.34. The Hall–Kier alpha value is -2.22. The van der Waals surface area contributed by atoms with Crippen LogP contribution in [0, 0.1) is 0 Å². The summed E-state index contributed by atoms with van der Waals surface area (Å²) in [6, 6.07) is 3.68. The Bertz CT molecular complexity index is 744. The predicted octanol–water partition coefficient (Wildman–Crippen LogP) is 3.66. The largest absolute Gasteiger partial charge is 0.491 e. The summed E-state index contributed by atoms with van der Waals surface area (Å²) in [5.41, 5.74) is -0.886. The first-order valence-corrected chi connectivity index (χ1v) is 7.84. The molecule has 25 heavy (non-hydrogen) atoms. The van der Waals surface area contributed by atoms with E-state index in [4.69, 9.17) is 16.3 Å². The van der Waals surface area contributed by atoms with Gasteiger partial charge in [0.2, 0.25) is 5.91 Å². The van der Waals surface area contributed by atoms with Crippen molar-refractivity contribution in [3.8, 4) is 5.75 Å². The number of aromatic nitrogens is 2. The fourth-order valence-corrected chi connectivity index (χ4v) is 2.30. The molecule has 0 aliphatic heterocycles. The van der Waals surface area contributed by atoms with Crippen LogP contribution in [0.5, 0.6) is 5.75 Å². The lowest BCUT2D eigenvalue weighted by atomic mass is 10.1. The second-order valence-corrected chi connectivity index (χ2v) is 6.05. The molecule has 0 atom stereocenters. The van der Waals surface area contributed by atoms with Gasteiger partial charge in [-0.05, 0) is 31.5 Å². The number of hydrogen-bond donors (Lipinski definition) is 1. The molecule has 1 aromatic carbocycles. The minimum Gasteiger partial charge on any atom is -0.491 e. The lowest BCUT2D eigenvalue weighted by Gasteiger charge is -2.17. The van der Waals surface area contributed by atoms with Gasteiger partial charge in [0, 0.05) is 12.7 Å². The van der Waals surface area contributed by atoms with Crippen LogP contribution in [0.4, 0.5) is 13.2 Å². The van der Waals surface area contributed by atoms with Gasteiger partial charge in [0.25, 0.3) is 0 Å². The van der Waals surface area contributed by atoms with Crippen LogP contribution in [0.15, 0.2) is 30.6 Å². The highest BCUT2D eigenvalue weighted by Crippen LogP contribution is 2.34. The molecule has 9 heteroatoms. The Morgan fingerprint density at radius 2 is 2.12 bits per heavy atom. The molecule has 136 valence electrons. The van der Waals surface area contributed by atoms with Crippen molar-refractivity contribution in [2.45, 2.75) is 39.2 Å². The summed E-state index contributed by atoms with van der Waals surface area (Å²) in [4.78, 5) is 11.8. The zero-order valence-electron chi connectivity index (χ0n) is 13.6. The second kappa shape index (κ2) is 7.77. The molecule has 0 aliphatic carbocycles. The van der Waals surface area contributed by atoms with Gasteiger partial charge in [0.15, 0.2) is 0 Å². The molecular formula is C16H17ClF3N3O2. The number of hydrogen-bond acceptors (Lipinski definition) is 3. The average molecular weight is 376 g/mol. The van der Waals surface area contributed by atoms with E-state index in [9.17, 15) is 18.0 Å². The zero-order chi connectivity index (χ0) is 18.6. The van der Waals surface area contributed by atoms with Crippen LogP contribution >= 0.6 is 11.6 Å². The highest BCUT2D eigenvalue weighted by atomic mass is 35.5. The first-order valence-electron chi connectivity index (χ1n) is 7.46. The topological polar surface area (TPSA) is 56.1 Å². The van der Waals surface area contributed by atoms with Crippen LogP contribution in [0.2, 0.25) is 5.02 Å². The number of carbonyl (C=O) groups excluding carboxylic acids is 1. The number of nitrogens with zero attached hydrogens (tertiary/aromatic N) is 2. The Morgan fingerprint density at radius 3 is 2.68 bits per heavy atom. The van der Waals surface area contributed by atoms with Gasteiger partial charge in [-0.25, -0.2) is 0 Å². The Labute approximate surface area is 147 Å². The molecule has 0 spiro atoms. The van der Waals surface area contributed by atoms with Crippen LogP contribution < -0.4 is 10.1 Å². The van der Waals surface area contributed by atoms with Crippen molar-refractivity contribution in [1.82, 2.24) is 15.1 Å². The van der Waals surface area contributed by atoms with Gasteiger partial charge < -0.3 is 10.1 Å². The first kappa shape index (κ1) is 19.1. The van der Waals surface area contributed by atoms with Gasteiger partial charge >= 0.3 is 6.18 Å². The summed E-state index contributed by atoms with van der Waals surface area (Å²) in [7, 11) is 0. The Kier molecular flexibility index (Phi) is 5.94. The standard InChI is InChI=1S/C16H17ClF3N3O2/c1-10(2)25-13-4-3-11(14(5-13)16(18,19)20)6-21-15(24)9-23-8-12(17)7-22-23/h3-5,7-8,10H,6,9H2,1-2H3,(H,21,24). The number of amides is 1. The van der Waals surface area contributed by atoms with Crippen LogP contribution in [0.25, 0.3) is 0 Å². The van der Waals surface area contributed by atoms with Crippen LogP contribution in [-0.4, -0.2) is 21.8 Å². The van der Waals surface area contributed by atoms with Gasteiger partial charge in [0.05, 0.1) is 22.9 Å².